The summed E-state index contributed by atoms with van der Waals surface area (Å²) in [5, 5.41) is 0. The van der Waals surface area contributed by atoms with Gasteiger partial charge >= 0.3 is 0 Å². The van der Waals surface area contributed by atoms with Crippen molar-refractivity contribution in [2.45, 2.75) is 63.2 Å². The van der Waals surface area contributed by atoms with Gasteiger partial charge in [0.25, 0.3) is 0 Å². The summed E-state index contributed by atoms with van der Waals surface area (Å²) in [4.78, 5) is 0. The fourth-order valence-corrected chi connectivity index (χ4v) is 3.57. The van der Waals surface area contributed by atoms with Crippen LogP contribution in [0.3, 0.4) is 0 Å². The number of hydrogen-bond donors (Lipinski definition) is 1. The van der Waals surface area contributed by atoms with Gasteiger partial charge in [0.2, 0.25) is 0 Å². The molecule has 2 N–H and O–H groups in total. The molecule has 3 heteroatoms. The maximum atomic E-state index is 6.33. The van der Waals surface area contributed by atoms with Gasteiger partial charge in [-0.2, -0.15) is 0 Å². The normalized spacial score (nSPS) is 24.9. The lowest BCUT2D eigenvalue weighted by Gasteiger charge is -2.33. The second-order valence-electron chi connectivity index (χ2n) is 6.15. The Morgan fingerprint density at radius 2 is 1.95 bits per heavy atom. The summed E-state index contributed by atoms with van der Waals surface area (Å²) in [6.07, 6.45) is 9.08. The lowest BCUT2D eigenvalue weighted by molar-refractivity contribution is -0.0749. The lowest BCUT2D eigenvalue weighted by Crippen LogP contribution is -2.33. The zero-order chi connectivity index (χ0) is 13.8. The molecule has 1 aliphatic heterocycles. The third kappa shape index (κ3) is 2.99. The maximum Gasteiger partial charge on any atom is 0.123 e. The predicted molar refractivity (Wildman–Crippen MR) is 79.8 cm³/mol. The molecule has 1 aliphatic carbocycles. The van der Waals surface area contributed by atoms with Crippen LogP contribution in [-0.4, -0.2) is 18.3 Å². The molecule has 1 spiro atoms. The molecule has 0 amide bonds. The van der Waals surface area contributed by atoms with Crippen LogP contribution in [0, 0.1) is 0 Å². The molecular weight excluding hydrogens is 250 g/mol. The molecule has 0 radical (unpaired) electrons. The van der Waals surface area contributed by atoms with Gasteiger partial charge < -0.3 is 15.2 Å². The second kappa shape index (κ2) is 6.15. The first-order valence-corrected chi connectivity index (χ1v) is 7.90. The van der Waals surface area contributed by atoms with Gasteiger partial charge in [-0.1, -0.05) is 37.5 Å². The molecule has 1 aromatic carbocycles. The van der Waals surface area contributed by atoms with Crippen molar-refractivity contribution in [1.82, 2.24) is 0 Å². The molecule has 3 rings (SSSR count). The van der Waals surface area contributed by atoms with E-state index in [9.17, 15) is 0 Å². The first kappa shape index (κ1) is 13.9. The largest absolute Gasteiger partial charge is 0.491 e. The predicted octanol–water partition coefficient (Wildman–Crippen LogP) is 3.41. The Morgan fingerprint density at radius 3 is 2.75 bits per heavy atom. The van der Waals surface area contributed by atoms with E-state index in [4.69, 9.17) is 15.2 Å². The molecule has 2 aliphatic rings. The highest BCUT2D eigenvalue weighted by molar-refractivity contribution is 5.33. The van der Waals surface area contributed by atoms with E-state index in [-0.39, 0.29) is 11.7 Å². The van der Waals surface area contributed by atoms with Crippen LogP contribution in [0.15, 0.2) is 24.3 Å². The number of para-hydroxylation sites is 1. The van der Waals surface area contributed by atoms with E-state index in [1.165, 1.54) is 38.5 Å². The lowest BCUT2D eigenvalue weighted by atomic mass is 9.83. The fraction of sp³-hybridized carbons (Fsp3) is 0.647. The number of nitrogens with two attached hydrogens (primary N) is 1. The van der Waals surface area contributed by atoms with Gasteiger partial charge in [-0.25, -0.2) is 0 Å². The van der Waals surface area contributed by atoms with E-state index in [1.54, 1.807) is 0 Å². The minimum atomic E-state index is 0.180. The summed E-state index contributed by atoms with van der Waals surface area (Å²) >= 11 is 0. The molecule has 3 nitrogen and oxygen atoms in total. The van der Waals surface area contributed by atoms with Gasteiger partial charge in [0, 0.05) is 12.1 Å². The van der Waals surface area contributed by atoms with Crippen molar-refractivity contribution >= 4 is 0 Å². The van der Waals surface area contributed by atoms with E-state index in [0.29, 0.717) is 13.2 Å². The molecule has 1 saturated heterocycles. The number of rotatable bonds is 4. The Bertz CT molecular complexity index is 440. The fourth-order valence-electron chi connectivity index (χ4n) is 3.57. The average Bonchev–Trinajstić information content (AvgIpc) is 2.89. The number of benzene rings is 1. The monoisotopic (exact) mass is 275 g/mol. The first-order valence-electron chi connectivity index (χ1n) is 7.90. The van der Waals surface area contributed by atoms with E-state index >= 15 is 0 Å². The zero-order valence-electron chi connectivity index (χ0n) is 12.1. The van der Waals surface area contributed by atoms with E-state index in [0.717, 1.165) is 17.7 Å². The molecule has 20 heavy (non-hydrogen) atoms. The molecular formula is C17H25NO2. The van der Waals surface area contributed by atoms with Crippen LogP contribution in [0.2, 0.25) is 0 Å². The minimum Gasteiger partial charge on any atom is -0.491 e. The van der Waals surface area contributed by atoms with Gasteiger partial charge in [0.05, 0.1) is 11.7 Å². The average molecular weight is 275 g/mol. The summed E-state index contributed by atoms with van der Waals surface area (Å²) < 4.78 is 12.3. The molecule has 0 bridgehead atoms. The van der Waals surface area contributed by atoms with E-state index in [1.807, 2.05) is 24.3 Å². The Labute approximate surface area is 121 Å². The molecule has 1 saturated carbocycles. The first-order chi connectivity index (χ1) is 9.81. The van der Waals surface area contributed by atoms with Gasteiger partial charge in [0.15, 0.2) is 0 Å². The van der Waals surface area contributed by atoms with Crippen LogP contribution >= 0.6 is 0 Å². The van der Waals surface area contributed by atoms with Crippen LogP contribution in [0.4, 0.5) is 0 Å². The third-order valence-electron chi connectivity index (χ3n) is 4.72. The molecule has 2 fully saturated rings. The molecule has 110 valence electrons. The van der Waals surface area contributed by atoms with E-state index < -0.39 is 0 Å². The zero-order valence-corrected chi connectivity index (χ0v) is 12.1. The third-order valence-corrected chi connectivity index (χ3v) is 4.72. The summed E-state index contributed by atoms with van der Waals surface area (Å²) in [5.74, 6) is 0.906. The summed E-state index contributed by atoms with van der Waals surface area (Å²) in [5.41, 5.74) is 6.98. The van der Waals surface area contributed by atoms with Gasteiger partial charge in [-0.15, -0.1) is 0 Å². The van der Waals surface area contributed by atoms with Crippen molar-refractivity contribution in [3.05, 3.63) is 29.8 Å². The van der Waals surface area contributed by atoms with Crippen molar-refractivity contribution in [2.24, 2.45) is 5.73 Å². The van der Waals surface area contributed by atoms with Crippen LogP contribution in [0.25, 0.3) is 0 Å². The molecule has 1 heterocycles. The van der Waals surface area contributed by atoms with Gasteiger partial charge in [0.1, 0.15) is 12.4 Å². The molecule has 0 aromatic heterocycles. The summed E-state index contributed by atoms with van der Waals surface area (Å²) in [6, 6.07) is 8.01. The van der Waals surface area contributed by atoms with Crippen LogP contribution < -0.4 is 10.5 Å². The quantitative estimate of drug-likeness (QED) is 0.916. The SMILES string of the molecule is NCc1ccccc1OCC1CCC2(CCCCC2)O1. The summed E-state index contributed by atoms with van der Waals surface area (Å²) in [7, 11) is 0. The smallest absolute Gasteiger partial charge is 0.123 e. The second-order valence-corrected chi connectivity index (χ2v) is 6.15. The molecule has 1 atom stereocenters. The molecule has 1 unspecified atom stereocenters. The maximum absolute atomic E-state index is 6.33. The van der Waals surface area contributed by atoms with Crippen molar-refractivity contribution in [3.63, 3.8) is 0 Å². The van der Waals surface area contributed by atoms with Crippen LogP contribution in [0.5, 0.6) is 5.75 Å². The Morgan fingerprint density at radius 1 is 1.15 bits per heavy atom. The van der Waals surface area contributed by atoms with Crippen molar-refractivity contribution in [1.29, 1.82) is 0 Å². The minimum absolute atomic E-state index is 0.180. The van der Waals surface area contributed by atoms with Crippen molar-refractivity contribution < 1.29 is 9.47 Å². The highest BCUT2D eigenvalue weighted by Gasteiger charge is 2.40. The standard InChI is InChI=1S/C17H25NO2/c18-12-14-6-2-3-7-16(14)19-13-15-8-11-17(20-15)9-4-1-5-10-17/h2-3,6-7,15H,1,4-5,8-13,18H2. The Balaban J connectivity index is 1.54. The molecule has 1 aromatic rings. The number of hydrogen-bond acceptors (Lipinski definition) is 3. The Kier molecular flexibility index (Phi) is 4.27. The van der Waals surface area contributed by atoms with Crippen LogP contribution in [-0.2, 0) is 11.3 Å². The Hall–Kier alpha value is -1.06. The van der Waals surface area contributed by atoms with Crippen molar-refractivity contribution in [3.8, 4) is 5.75 Å². The highest BCUT2D eigenvalue weighted by Crippen LogP contribution is 2.41. The van der Waals surface area contributed by atoms with Crippen LogP contribution in [0.1, 0.15) is 50.5 Å². The van der Waals surface area contributed by atoms with E-state index in [2.05, 4.69) is 0 Å². The van der Waals surface area contributed by atoms with Gasteiger partial charge in [-0.05, 0) is 31.7 Å². The highest BCUT2D eigenvalue weighted by atomic mass is 16.6. The topological polar surface area (TPSA) is 44.5 Å². The van der Waals surface area contributed by atoms with Gasteiger partial charge in [-0.3, -0.25) is 0 Å². The van der Waals surface area contributed by atoms with Crippen molar-refractivity contribution in [2.75, 3.05) is 6.61 Å². The number of ether oxygens (including phenoxy) is 2. The summed E-state index contributed by atoms with van der Waals surface area (Å²) in [6.45, 7) is 1.17.